The highest BCUT2D eigenvalue weighted by Crippen LogP contribution is 2.38. The average Bonchev–Trinajstić information content (AvgIpc) is 3.16. The molecule has 0 bridgehead atoms. The molecular formula is C15H17ClN2O2. The zero-order chi connectivity index (χ0) is 14.4. The van der Waals surface area contributed by atoms with E-state index in [0.717, 1.165) is 18.2 Å². The van der Waals surface area contributed by atoms with E-state index in [-0.39, 0.29) is 0 Å². The number of halogens is 1. The molecule has 20 heavy (non-hydrogen) atoms. The van der Waals surface area contributed by atoms with Gasteiger partial charge >= 0.3 is 0 Å². The van der Waals surface area contributed by atoms with Crippen molar-refractivity contribution in [2.24, 2.45) is 5.92 Å². The first-order valence-electron chi connectivity index (χ1n) is 6.93. The molecule has 106 valence electrons. The van der Waals surface area contributed by atoms with E-state index in [2.05, 4.69) is 24.1 Å². The summed E-state index contributed by atoms with van der Waals surface area (Å²) < 4.78 is 0. The summed E-state index contributed by atoms with van der Waals surface area (Å²) in [6.45, 7) is 5.21. The second-order valence-corrected chi connectivity index (χ2v) is 6.23. The highest BCUT2D eigenvalue weighted by atomic mass is 35.5. The summed E-state index contributed by atoms with van der Waals surface area (Å²) in [6.07, 6.45) is 2.53. The molecule has 1 heterocycles. The molecule has 1 fully saturated rings. The third-order valence-electron chi connectivity index (χ3n) is 3.87. The predicted molar refractivity (Wildman–Crippen MR) is 79.6 cm³/mol. The van der Waals surface area contributed by atoms with Gasteiger partial charge < -0.3 is 10.2 Å². The number of benzene rings is 1. The van der Waals surface area contributed by atoms with Gasteiger partial charge in [0.05, 0.1) is 22.0 Å². The highest BCUT2D eigenvalue weighted by molar-refractivity contribution is 6.52. The van der Waals surface area contributed by atoms with Gasteiger partial charge in [0.15, 0.2) is 0 Å². The van der Waals surface area contributed by atoms with Crippen molar-refractivity contribution < 1.29 is 9.59 Å². The van der Waals surface area contributed by atoms with E-state index in [1.807, 2.05) is 6.07 Å². The standard InChI is InChI=1S/C15H17ClN2O2/c1-8(2)18(7-9-3-4-9)13-6-12-10(5-11(13)16)14(19)15(20)17-12/h5-6,8-9H,3-4,7H2,1-2H3,(H,17,19,20). The Morgan fingerprint density at radius 3 is 2.65 bits per heavy atom. The molecule has 0 saturated heterocycles. The van der Waals surface area contributed by atoms with Gasteiger partial charge in [-0.15, -0.1) is 0 Å². The first kappa shape index (κ1) is 13.4. The molecule has 1 N–H and O–H groups in total. The van der Waals surface area contributed by atoms with Crippen molar-refractivity contribution in [2.45, 2.75) is 32.7 Å². The van der Waals surface area contributed by atoms with Crippen LogP contribution in [0.4, 0.5) is 11.4 Å². The molecule has 1 aliphatic heterocycles. The van der Waals surface area contributed by atoms with Crippen molar-refractivity contribution in [1.29, 1.82) is 0 Å². The molecule has 0 unspecified atom stereocenters. The second kappa shape index (κ2) is 4.77. The van der Waals surface area contributed by atoms with Crippen LogP contribution in [0.15, 0.2) is 12.1 Å². The predicted octanol–water partition coefficient (Wildman–Crippen LogP) is 3.10. The molecular weight excluding hydrogens is 276 g/mol. The van der Waals surface area contributed by atoms with E-state index >= 15 is 0 Å². The fourth-order valence-corrected chi connectivity index (χ4v) is 2.81. The van der Waals surface area contributed by atoms with Gasteiger partial charge in [0.2, 0.25) is 0 Å². The molecule has 0 spiro atoms. The summed E-state index contributed by atoms with van der Waals surface area (Å²) in [5.74, 6) is -0.351. The summed E-state index contributed by atoms with van der Waals surface area (Å²) in [4.78, 5) is 25.3. The maximum absolute atomic E-state index is 11.7. The topological polar surface area (TPSA) is 49.4 Å². The molecule has 1 aromatic carbocycles. The Hall–Kier alpha value is -1.55. The Kier molecular flexibility index (Phi) is 3.21. The number of anilines is 2. The number of carbonyl (C=O) groups excluding carboxylic acids is 2. The number of hydrogen-bond donors (Lipinski definition) is 1. The van der Waals surface area contributed by atoms with Gasteiger partial charge in [-0.3, -0.25) is 9.59 Å². The SMILES string of the molecule is CC(C)N(CC1CC1)c1cc2c(cc1Cl)C(=O)C(=O)N2. The molecule has 5 heteroatoms. The van der Waals surface area contributed by atoms with E-state index in [1.165, 1.54) is 12.8 Å². The van der Waals surface area contributed by atoms with Gasteiger partial charge in [0.25, 0.3) is 11.7 Å². The molecule has 2 aliphatic rings. The molecule has 1 saturated carbocycles. The Morgan fingerprint density at radius 2 is 2.05 bits per heavy atom. The highest BCUT2D eigenvalue weighted by Gasteiger charge is 2.31. The summed E-state index contributed by atoms with van der Waals surface area (Å²) in [5, 5.41) is 3.13. The monoisotopic (exact) mass is 292 g/mol. The Bertz CT molecular complexity index is 594. The van der Waals surface area contributed by atoms with Gasteiger partial charge in [-0.25, -0.2) is 0 Å². The number of nitrogens with zero attached hydrogens (tertiary/aromatic N) is 1. The fourth-order valence-electron chi connectivity index (χ4n) is 2.54. The first-order valence-corrected chi connectivity index (χ1v) is 7.31. The van der Waals surface area contributed by atoms with Gasteiger partial charge in [0.1, 0.15) is 0 Å². The molecule has 0 atom stereocenters. The largest absolute Gasteiger partial charge is 0.368 e. The van der Waals surface area contributed by atoms with Crippen LogP contribution in [0.25, 0.3) is 0 Å². The smallest absolute Gasteiger partial charge is 0.296 e. The lowest BCUT2D eigenvalue weighted by Crippen LogP contribution is -2.33. The summed E-state index contributed by atoms with van der Waals surface area (Å²) >= 11 is 6.33. The van der Waals surface area contributed by atoms with Crippen LogP contribution in [0.5, 0.6) is 0 Å². The lowest BCUT2D eigenvalue weighted by atomic mass is 10.1. The molecule has 3 rings (SSSR count). The Labute approximate surface area is 123 Å². The van der Waals surface area contributed by atoms with Crippen LogP contribution in [0.1, 0.15) is 37.0 Å². The summed E-state index contributed by atoms with van der Waals surface area (Å²) in [5.41, 5.74) is 1.84. The number of fused-ring (bicyclic) bond motifs is 1. The third kappa shape index (κ3) is 2.29. The van der Waals surface area contributed by atoms with Crippen molar-refractivity contribution >= 4 is 34.7 Å². The van der Waals surface area contributed by atoms with E-state index in [9.17, 15) is 9.59 Å². The molecule has 4 nitrogen and oxygen atoms in total. The normalized spacial score (nSPS) is 17.4. The number of hydrogen-bond acceptors (Lipinski definition) is 3. The number of ketones is 1. The van der Waals surface area contributed by atoms with E-state index in [1.54, 1.807) is 6.07 Å². The zero-order valence-corrected chi connectivity index (χ0v) is 12.3. The van der Waals surface area contributed by atoms with Crippen LogP contribution < -0.4 is 10.2 Å². The van der Waals surface area contributed by atoms with Gasteiger partial charge in [0, 0.05) is 12.6 Å². The Morgan fingerprint density at radius 1 is 1.35 bits per heavy atom. The maximum Gasteiger partial charge on any atom is 0.296 e. The van der Waals surface area contributed by atoms with Crippen LogP contribution in [0, 0.1) is 5.92 Å². The van der Waals surface area contributed by atoms with Crippen molar-refractivity contribution in [3.63, 3.8) is 0 Å². The van der Waals surface area contributed by atoms with Crippen LogP contribution in [-0.4, -0.2) is 24.3 Å². The fraction of sp³-hybridized carbons (Fsp3) is 0.467. The zero-order valence-electron chi connectivity index (χ0n) is 11.6. The van der Waals surface area contributed by atoms with Gasteiger partial charge in [-0.1, -0.05) is 11.6 Å². The van der Waals surface area contributed by atoms with Gasteiger partial charge in [-0.2, -0.15) is 0 Å². The summed E-state index contributed by atoms with van der Waals surface area (Å²) in [7, 11) is 0. The number of Topliss-reactive ketones (excluding diaryl/α,β-unsaturated/α-hetero) is 1. The second-order valence-electron chi connectivity index (χ2n) is 5.82. The number of amides is 1. The first-order chi connectivity index (χ1) is 9.47. The van der Waals surface area contributed by atoms with Crippen LogP contribution in [-0.2, 0) is 4.79 Å². The third-order valence-corrected chi connectivity index (χ3v) is 4.17. The van der Waals surface area contributed by atoms with Crippen molar-refractivity contribution in [3.8, 4) is 0 Å². The lowest BCUT2D eigenvalue weighted by molar-refractivity contribution is -0.112. The Balaban J connectivity index is 1.99. The average molecular weight is 293 g/mol. The minimum Gasteiger partial charge on any atom is -0.368 e. The van der Waals surface area contributed by atoms with Gasteiger partial charge in [-0.05, 0) is 44.7 Å². The maximum atomic E-state index is 11.7. The van der Waals surface area contributed by atoms with E-state index in [0.29, 0.717) is 22.3 Å². The molecule has 1 amide bonds. The van der Waals surface area contributed by atoms with Crippen LogP contribution >= 0.6 is 11.6 Å². The minimum atomic E-state index is -0.577. The molecule has 1 aromatic rings. The van der Waals surface area contributed by atoms with Crippen LogP contribution in [0.2, 0.25) is 5.02 Å². The van der Waals surface area contributed by atoms with E-state index < -0.39 is 11.7 Å². The number of rotatable bonds is 4. The summed E-state index contributed by atoms with van der Waals surface area (Å²) in [6, 6.07) is 3.75. The lowest BCUT2D eigenvalue weighted by Gasteiger charge is -2.30. The van der Waals surface area contributed by atoms with Crippen molar-refractivity contribution in [1.82, 2.24) is 0 Å². The van der Waals surface area contributed by atoms with Crippen molar-refractivity contribution in [2.75, 3.05) is 16.8 Å². The molecule has 1 aliphatic carbocycles. The quantitative estimate of drug-likeness (QED) is 0.868. The number of carbonyl (C=O) groups is 2. The van der Waals surface area contributed by atoms with Crippen molar-refractivity contribution in [3.05, 3.63) is 22.7 Å². The molecule has 0 aromatic heterocycles. The minimum absolute atomic E-state index is 0.318. The number of nitrogens with one attached hydrogen (secondary N) is 1. The molecule has 0 radical (unpaired) electrons. The van der Waals surface area contributed by atoms with E-state index in [4.69, 9.17) is 11.6 Å². The van der Waals surface area contributed by atoms with Crippen LogP contribution in [0.3, 0.4) is 0 Å².